The minimum absolute atomic E-state index is 0.153. The molecule has 0 saturated carbocycles. The van der Waals surface area contributed by atoms with E-state index in [1.165, 1.54) is 0 Å². The standard InChI is InChI=1S/C14H26N4O5/c1-5-15-10(19)6-16-11(20)7-17-12(21)8-18-13(22)23-9-14(2,3)4/h5-9H2,1-4H3,(H,15,19)(H,16,20)(H,17,21)(H,18,22). The molecule has 0 aromatic carbocycles. The Hall–Kier alpha value is -2.32. The number of carbonyl (C=O) groups excluding carboxylic acids is 4. The number of nitrogens with one attached hydrogen (secondary N) is 4. The molecule has 4 amide bonds. The zero-order valence-electron chi connectivity index (χ0n) is 14.1. The van der Waals surface area contributed by atoms with Crippen molar-refractivity contribution in [1.82, 2.24) is 21.3 Å². The molecule has 0 heterocycles. The third-order valence-corrected chi connectivity index (χ3v) is 2.30. The first-order chi connectivity index (χ1) is 10.6. The van der Waals surface area contributed by atoms with Gasteiger partial charge in [0.15, 0.2) is 0 Å². The van der Waals surface area contributed by atoms with Crippen molar-refractivity contribution in [2.75, 3.05) is 32.8 Å². The highest BCUT2D eigenvalue weighted by Crippen LogP contribution is 2.12. The van der Waals surface area contributed by atoms with Crippen LogP contribution in [0.5, 0.6) is 0 Å². The van der Waals surface area contributed by atoms with E-state index in [-0.39, 0.29) is 37.6 Å². The average Bonchev–Trinajstić information content (AvgIpc) is 2.46. The van der Waals surface area contributed by atoms with Crippen LogP contribution in [0, 0.1) is 5.41 Å². The van der Waals surface area contributed by atoms with Gasteiger partial charge in [0.1, 0.15) is 6.54 Å². The number of alkyl carbamates (subject to hydrolysis) is 1. The first kappa shape index (κ1) is 20.7. The smallest absolute Gasteiger partial charge is 0.407 e. The quantitative estimate of drug-likeness (QED) is 0.460. The van der Waals surface area contributed by atoms with Gasteiger partial charge in [0, 0.05) is 6.54 Å². The van der Waals surface area contributed by atoms with Crippen molar-refractivity contribution in [3.05, 3.63) is 0 Å². The zero-order valence-corrected chi connectivity index (χ0v) is 14.1. The molecule has 9 nitrogen and oxygen atoms in total. The number of amides is 4. The molecule has 0 rings (SSSR count). The number of rotatable bonds is 8. The van der Waals surface area contributed by atoms with E-state index in [4.69, 9.17) is 4.74 Å². The lowest BCUT2D eigenvalue weighted by Crippen LogP contribution is -2.44. The molecular weight excluding hydrogens is 304 g/mol. The van der Waals surface area contributed by atoms with Crippen LogP contribution in [0.25, 0.3) is 0 Å². The Labute approximate surface area is 135 Å². The Morgan fingerprint density at radius 2 is 1.22 bits per heavy atom. The monoisotopic (exact) mass is 330 g/mol. The lowest BCUT2D eigenvalue weighted by atomic mass is 9.99. The molecule has 0 unspecified atom stereocenters. The molecule has 0 aromatic rings. The molecule has 23 heavy (non-hydrogen) atoms. The van der Waals surface area contributed by atoms with Crippen LogP contribution in [0.2, 0.25) is 0 Å². The van der Waals surface area contributed by atoms with Gasteiger partial charge in [-0.05, 0) is 12.3 Å². The van der Waals surface area contributed by atoms with E-state index in [0.29, 0.717) is 6.54 Å². The maximum absolute atomic E-state index is 11.5. The molecule has 0 bridgehead atoms. The minimum atomic E-state index is -0.698. The summed E-state index contributed by atoms with van der Waals surface area (Å²) >= 11 is 0. The van der Waals surface area contributed by atoms with Crippen LogP contribution in [0.1, 0.15) is 27.7 Å². The molecule has 0 aliphatic carbocycles. The molecule has 0 spiro atoms. The Morgan fingerprint density at radius 3 is 1.65 bits per heavy atom. The highest BCUT2D eigenvalue weighted by molar-refractivity contribution is 5.89. The second kappa shape index (κ2) is 10.4. The molecule has 132 valence electrons. The van der Waals surface area contributed by atoms with Gasteiger partial charge in [0.05, 0.1) is 19.7 Å². The van der Waals surface area contributed by atoms with E-state index >= 15 is 0 Å². The summed E-state index contributed by atoms with van der Waals surface area (Å²) in [6.07, 6.45) is -0.698. The fourth-order valence-electron chi connectivity index (χ4n) is 1.23. The first-order valence-corrected chi connectivity index (χ1v) is 7.34. The van der Waals surface area contributed by atoms with E-state index in [2.05, 4.69) is 21.3 Å². The second-order valence-electron chi connectivity index (χ2n) is 6.00. The van der Waals surface area contributed by atoms with E-state index in [1.54, 1.807) is 6.92 Å². The van der Waals surface area contributed by atoms with Gasteiger partial charge in [-0.3, -0.25) is 14.4 Å². The minimum Gasteiger partial charge on any atom is -0.449 e. The van der Waals surface area contributed by atoms with Crippen molar-refractivity contribution in [3.63, 3.8) is 0 Å². The number of hydrogen-bond donors (Lipinski definition) is 4. The Kier molecular flexibility index (Phi) is 9.36. The Balaban J connectivity index is 3.80. The van der Waals surface area contributed by atoms with Crippen molar-refractivity contribution in [3.8, 4) is 0 Å². The molecule has 0 aliphatic rings. The number of likely N-dealkylation sites (N-methyl/N-ethyl adjacent to an activating group) is 1. The van der Waals surface area contributed by atoms with Crippen LogP contribution in [0.3, 0.4) is 0 Å². The van der Waals surface area contributed by atoms with E-state index < -0.39 is 17.9 Å². The molecule has 9 heteroatoms. The van der Waals surface area contributed by atoms with Crippen LogP contribution in [-0.2, 0) is 19.1 Å². The van der Waals surface area contributed by atoms with Crippen molar-refractivity contribution < 1.29 is 23.9 Å². The van der Waals surface area contributed by atoms with Gasteiger partial charge in [-0.25, -0.2) is 4.79 Å². The van der Waals surface area contributed by atoms with Crippen molar-refractivity contribution in [2.45, 2.75) is 27.7 Å². The summed E-state index contributed by atoms with van der Waals surface area (Å²) in [5.41, 5.74) is -0.165. The van der Waals surface area contributed by atoms with Gasteiger partial charge < -0.3 is 26.0 Å². The zero-order chi connectivity index (χ0) is 17.9. The van der Waals surface area contributed by atoms with E-state index in [9.17, 15) is 19.2 Å². The third-order valence-electron chi connectivity index (χ3n) is 2.30. The largest absolute Gasteiger partial charge is 0.449 e. The predicted octanol–water partition coefficient (Wildman–Crippen LogP) is -0.873. The summed E-state index contributed by atoms with van der Waals surface area (Å²) in [6.45, 7) is 7.46. The van der Waals surface area contributed by atoms with Gasteiger partial charge in [-0.2, -0.15) is 0 Å². The molecule has 0 radical (unpaired) electrons. The predicted molar refractivity (Wildman–Crippen MR) is 83.5 cm³/mol. The van der Waals surface area contributed by atoms with Crippen LogP contribution in [0.15, 0.2) is 0 Å². The van der Waals surface area contributed by atoms with E-state index in [1.807, 2.05) is 20.8 Å². The highest BCUT2D eigenvalue weighted by atomic mass is 16.5. The first-order valence-electron chi connectivity index (χ1n) is 7.34. The summed E-state index contributed by atoms with van der Waals surface area (Å²) in [5.74, 6) is -1.35. The van der Waals surface area contributed by atoms with E-state index in [0.717, 1.165) is 0 Å². The number of hydrogen-bond acceptors (Lipinski definition) is 5. The van der Waals surface area contributed by atoms with Crippen LogP contribution < -0.4 is 21.3 Å². The topological polar surface area (TPSA) is 126 Å². The van der Waals surface area contributed by atoms with Gasteiger partial charge in [-0.1, -0.05) is 20.8 Å². The molecule has 4 N–H and O–H groups in total. The van der Waals surface area contributed by atoms with Gasteiger partial charge in [0.25, 0.3) is 0 Å². The molecule has 0 fully saturated rings. The Morgan fingerprint density at radius 1 is 0.783 bits per heavy atom. The van der Waals surface area contributed by atoms with Crippen LogP contribution in [0.4, 0.5) is 4.79 Å². The van der Waals surface area contributed by atoms with Gasteiger partial charge >= 0.3 is 6.09 Å². The van der Waals surface area contributed by atoms with Gasteiger partial charge in [0.2, 0.25) is 17.7 Å². The molecule has 0 aliphatic heterocycles. The molecule has 0 aromatic heterocycles. The summed E-state index contributed by atoms with van der Waals surface area (Å²) in [6, 6.07) is 0. The fourth-order valence-corrected chi connectivity index (χ4v) is 1.23. The number of ether oxygens (including phenoxy) is 1. The second-order valence-corrected chi connectivity index (χ2v) is 6.00. The Bertz CT molecular complexity index is 431. The molecule has 0 saturated heterocycles. The lowest BCUT2D eigenvalue weighted by molar-refractivity contribution is -0.127. The maximum Gasteiger partial charge on any atom is 0.407 e. The lowest BCUT2D eigenvalue weighted by Gasteiger charge is -2.17. The molecule has 0 atom stereocenters. The summed E-state index contributed by atoms with van der Waals surface area (Å²) in [4.78, 5) is 45.3. The average molecular weight is 330 g/mol. The third kappa shape index (κ3) is 13.1. The van der Waals surface area contributed by atoms with Crippen molar-refractivity contribution in [2.24, 2.45) is 5.41 Å². The van der Waals surface area contributed by atoms with Crippen molar-refractivity contribution in [1.29, 1.82) is 0 Å². The number of carbonyl (C=O) groups is 4. The maximum atomic E-state index is 11.5. The summed E-state index contributed by atoms with van der Waals surface area (Å²) in [7, 11) is 0. The summed E-state index contributed by atoms with van der Waals surface area (Å²) < 4.78 is 4.92. The van der Waals surface area contributed by atoms with Crippen LogP contribution >= 0.6 is 0 Å². The normalized spacial score (nSPS) is 10.4. The summed E-state index contributed by atoms with van der Waals surface area (Å²) in [5, 5.41) is 9.45. The van der Waals surface area contributed by atoms with Crippen LogP contribution in [-0.4, -0.2) is 56.6 Å². The van der Waals surface area contributed by atoms with Gasteiger partial charge in [-0.15, -0.1) is 0 Å². The molecular formula is C14H26N4O5. The highest BCUT2D eigenvalue weighted by Gasteiger charge is 2.14. The SMILES string of the molecule is CCNC(=O)CNC(=O)CNC(=O)CNC(=O)OCC(C)(C)C. The van der Waals surface area contributed by atoms with Crippen molar-refractivity contribution >= 4 is 23.8 Å². The fraction of sp³-hybridized carbons (Fsp3) is 0.714.